The average Bonchev–Trinajstić information content (AvgIpc) is 3.21. The maximum absolute atomic E-state index is 11.7. The first-order valence-corrected chi connectivity index (χ1v) is 17.7. The fraction of sp³-hybridized carbons (Fsp3) is 1.00. The van der Waals surface area contributed by atoms with Gasteiger partial charge in [-0.3, -0.25) is 4.55 Å². The normalized spacial score (nSPS) is 41.4. The number of aliphatic hydroxyl groups excluding tert-OH is 1. The van der Waals surface area contributed by atoms with Crippen LogP contribution in [0.15, 0.2) is 0 Å². The predicted octanol–water partition coefficient (Wildman–Crippen LogP) is 5.79. The highest BCUT2D eigenvalue weighted by atomic mass is 32.3. The molecule has 0 radical (unpaired) electrons. The molecule has 0 bridgehead atoms. The summed E-state index contributed by atoms with van der Waals surface area (Å²) in [7, 11) is -0.172. The Bertz CT molecular complexity index is 944. The van der Waals surface area contributed by atoms with E-state index in [1.165, 1.54) is 51.4 Å². The van der Waals surface area contributed by atoms with Gasteiger partial charge in [0.1, 0.15) is 0 Å². The molecule has 234 valence electrons. The molecule has 0 saturated heterocycles. The second-order valence-corrected chi connectivity index (χ2v) is 16.5. The van der Waals surface area contributed by atoms with E-state index in [2.05, 4.69) is 45.1 Å². The number of fused-ring (bicyclic) bond motifs is 5. The summed E-state index contributed by atoms with van der Waals surface area (Å²) in [5.74, 6) is 3.27. The van der Waals surface area contributed by atoms with Gasteiger partial charge in [0, 0.05) is 6.04 Å². The number of nitrogens with one attached hydrogen (secondary N) is 1. The molecule has 4 saturated carbocycles. The predicted molar refractivity (Wildman–Crippen MR) is 161 cm³/mol. The van der Waals surface area contributed by atoms with Crippen LogP contribution in [0.4, 0.5) is 0 Å². The fourth-order valence-corrected chi connectivity index (χ4v) is 11.0. The highest BCUT2D eigenvalue weighted by Gasteiger charge is 2.62. The van der Waals surface area contributed by atoms with Gasteiger partial charge >= 0.3 is 10.4 Å². The average molecular weight is 585 g/mol. The van der Waals surface area contributed by atoms with Crippen molar-refractivity contribution in [3.8, 4) is 0 Å². The van der Waals surface area contributed by atoms with Crippen LogP contribution in [0.5, 0.6) is 0 Å². The highest BCUT2D eigenvalue weighted by Crippen LogP contribution is 2.68. The molecule has 3 N–H and O–H groups in total. The Balaban J connectivity index is 1.39. The Labute approximate surface area is 245 Å². The highest BCUT2D eigenvalue weighted by molar-refractivity contribution is 7.80. The van der Waals surface area contributed by atoms with Gasteiger partial charge < -0.3 is 15.3 Å². The lowest BCUT2D eigenvalue weighted by Gasteiger charge is -2.62. The van der Waals surface area contributed by atoms with E-state index in [1.807, 2.05) is 13.8 Å². The summed E-state index contributed by atoms with van der Waals surface area (Å²) in [6.07, 6.45) is 11.6. The zero-order valence-corrected chi connectivity index (χ0v) is 27.3. The molecule has 40 heavy (non-hydrogen) atoms. The second kappa shape index (κ2) is 12.8. The number of rotatable bonds is 12. The standard InChI is InChI=1S/C32H60N2O5S/c1-21(2)29(39-40(36,37)38)12-9-22(3)25-10-11-26-30-27(14-16-32(25,26)5)31(4)15-13-24(19-23(31)20-28(30)35)33-17-8-18-34(6)7/h21-30,33,35H,8-20H2,1-7H3,(H,36,37,38)/t22-,23?,24+,25?,26?,27?,28-,29-,30?,31+,32-/m1/s1. The van der Waals surface area contributed by atoms with Crippen LogP contribution in [0.25, 0.3) is 0 Å². The Hall–Kier alpha value is -0.250. The Morgan fingerprint density at radius 2 is 1.65 bits per heavy atom. The molecular formula is C32H60N2O5S. The van der Waals surface area contributed by atoms with Crippen molar-refractivity contribution in [3.63, 3.8) is 0 Å². The van der Waals surface area contributed by atoms with Crippen molar-refractivity contribution < 1.29 is 22.3 Å². The van der Waals surface area contributed by atoms with Crippen LogP contribution < -0.4 is 5.32 Å². The minimum absolute atomic E-state index is 0.0193. The fourth-order valence-electron chi connectivity index (χ4n) is 10.4. The summed E-state index contributed by atoms with van der Waals surface area (Å²) >= 11 is 0. The molecule has 0 heterocycles. The van der Waals surface area contributed by atoms with E-state index in [4.69, 9.17) is 4.18 Å². The van der Waals surface area contributed by atoms with E-state index < -0.39 is 16.5 Å². The van der Waals surface area contributed by atoms with E-state index in [1.54, 1.807) is 0 Å². The molecule has 0 aromatic rings. The quantitative estimate of drug-likeness (QED) is 0.197. The largest absolute Gasteiger partial charge is 0.397 e. The van der Waals surface area contributed by atoms with Crippen molar-refractivity contribution in [1.29, 1.82) is 0 Å². The van der Waals surface area contributed by atoms with Crippen LogP contribution in [0.1, 0.15) is 105 Å². The van der Waals surface area contributed by atoms with Crippen LogP contribution in [-0.2, 0) is 14.6 Å². The van der Waals surface area contributed by atoms with E-state index in [-0.39, 0.29) is 17.4 Å². The SMILES string of the molecule is CC(C)[C@@H](CC[C@@H](C)C1CCC2C3C(CC[C@@]21C)[C@@]1(C)CC[C@H](NCCCN(C)C)CC1C[C@H]3O)OS(=O)(=O)O. The summed E-state index contributed by atoms with van der Waals surface area (Å²) in [6, 6.07) is 0.592. The molecule has 0 spiro atoms. The summed E-state index contributed by atoms with van der Waals surface area (Å²) < 4.78 is 37.0. The van der Waals surface area contributed by atoms with Gasteiger partial charge in [0.05, 0.1) is 12.2 Å². The Morgan fingerprint density at radius 3 is 2.30 bits per heavy atom. The number of hydrogen-bond donors (Lipinski definition) is 3. The molecule has 4 aliphatic rings. The zero-order valence-electron chi connectivity index (χ0n) is 26.4. The van der Waals surface area contributed by atoms with E-state index in [0.717, 1.165) is 25.9 Å². The molecule has 4 fully saturated rings. The molecule has 0 amide bonds. The topological polar surface area (TPSA) is 99.1 Å². The molecule has 4 aliphatic carbocycles. The smallest absolute Gasteiger partial charge is 0.393 e. The summed E-state index contributed by atoms with van der Waals surface area (Å²) in [5.41, 5.74) is 0.571. The van der Waals surface area contributed by atoms with Gasteiger partial charge in [0.25, 0.3) is 0 Å². The molecule has 7 nitrogen and oxygen atoms in total. The van der Waals surface area contributed by atoms with Gasteiger partial charge in [-0.15, -0.1) is 0 Å². The van der Waals surface area contributed by atoms with Gasteiger partial charge in [-0.25, -0.2) is 4.18 Å². The Kier molecular flexibility index (Phi) is 10.4. The van der Waals surface area contributed by atoms with Gasteiger partial charge in [-0.1, -0.05) is 34.6 Å². The molecule has 0 aromatic heterocycles. The molecule has 4 rings (SSSR count). The Morgan fingerprint density at radius 1 is 0.975 bits per heavy atom. The molecule has 11 atom stereocenters. The van der Waals surface area contributed by atoms with Crippen molar-refractivity contribution in [2.75, 3.05) is 27.2 Å². The van der Waals surface area contributed by atoms with Crippen molar-refractivity contribution in [3.05, 3.63) is 0 Å². The first-order chi connectivity index (χ1) is 18.7. The monoisotopic (exact) mass is 584 g/mol. The van der Waals surface area contributed by atoms with E-state index >= 15 is 0 Å². The lowest BCUT2D eigenvalue weighted by molar-refractivity contribution is -0.167. The second-order valence-electron chi connectivity index (χ2n) is 15.5. The lowest BCUT2D eigenvalue weighted by atomic mass is 9.43. The zero-order chi connectivity index (χ0) is 29.5. The maximum atomic E-state index is 11.7. The molecule has 0 aliphatic heterocycles. The van der Waals surface area contributed by atoms with E-state index in [9.17, 15) is 18.1 Å². The van der Waals surface area contributed by atoms with Crippen molar-refractivity contribution in [2.24, 2.45) is 52.3 Å². The van der Waals surface area contributed by atoms with Crippen molar-refractivity contribution >= 4 is 10.4 Å². The summed E-state index contributed by atoms with van der Waals surface area (Å²) in [5, 5.41) is 15.6. The minimum atomic E-state index is -4.45. The van der Waals surface area contributed by atoms with Crippen LogP contribution in [-0.4, -0.2) is 68.4 Å². The lowest BCUT2D eigenvalue weighted by Crippen LogP contribution is -2.59. The van der Waals surface area contributed by atoms with Crippen LogP contribution in [0.2, 0.25) is 0 Å². The molecular weight excluding hydrogens is 524 g/mol. The molecule has 0 aromatic carbocycles. The third-order valence-corrected chi connectivity index (χ3v) is 13.0. The van der Waals surface area contributed by atoms with Gasteiger partial charge in [0.15, 0.2) is 0 Å². The third kappa shape index (κ3) is 6.93. The summed E-state index contributed by atoms with van der Waals surface area (Å²) in [6.45, 7) is 13.5. The van der Waals surface area contributed by atoms with Crippen LogP contribution in [0, 0.1) is 52.3 Å². The van der Waals surface area contributed by atoms with Gasteiger partial charge in [-0.2, -0.15) is 8.42 Å². The summed E-state index contributed by atoms with van der Waals surface area (Å²) in [4.78, 5) is 2.25. The van der Waals surface area contributed by atoms with Crippen LogP contribution >= 0.6 is 0 Å². The minimum Gasteiger partial charge on any atom is -0.393 e. The first-order valence-electron chi connectivity index (χ1n) is 16.4. The number of nitrogens with zero attached hydrogens (tertiary/aromatic N) is 1. The van der Waals surface area contributed by atoms with Crippen LogP contribution in [0.3, 0.4) is 0 Å². The molecule has 5 unspecified atom stereocenters. The molecule has 8 heteroatoms. The van der Waals surface area contributed by atoms with Gasteiger partial charge in [-0.05, 0) is 150 Å². The number of aliphatic hydroxyl groups is 1. The first kappa shape index (κ1) is 32.7. The van der Waals surface area contributed by atoms with Crippen molar-refractivity contribution in [1.82, 2.24) is 10.2 Å². The third-order valence-electron chi connectivity index (χ3n) is 12.6. The van der Waals surface area contributed by atoms with Crippen molar-refractivity contribution in [2.45, 2.75) is 123 Å². The maximum Gasteiger partial charge on any atom is 0.397 e. The van der Waals surface area contributed by atoms with Gasteiger partial charge in [0.2, 0.25) is 0 Å². The van der Waals surface area contributed by atoms with E-state index in [0.29, 0.717) is 53.4 Å². The number of hydrogen-bond acceptors (Lipinski definition) is 6.